The van der Waals surface area contributed by atoms with Gasteiger partial charge < -0.3 is 19.9 Å². The number of hydrogen-bond donors (Lipinski definition) is 1. The van der Waals surface area contributed by atoms with Gasteiger partial charge in [-0.1, -0.05) is 12.1 Å². The highest BCUT2D eigenvalue weighted by Crippen LogP contribution is 2.32. The number of rotatable bonds is 5. The largest absolute Gasteiger partial charge is 0.417 e. The Balaban J connectivity index is 1.60. The molecule has 2 aromatic carbocycles. The monoisotopic (exact) mass is 421 g/mol. The second kappa shape index (κ2) is 9.17. The maximum Gasteiger partial charge on any atom is 0.417 e. The van der Waals surface area contributed by atoms with Gasteiger partial charge in [-0.2, -0.15) is 13.2 Å². The number of hydrogen-bond acceptors (Lipinski definition) is 4. The van der Waals surface area contributed by atoms with Gasteiger partial charge in [-0.05, 0) is 36.4 Å². The Labute approximate surface area is 172 Å². The van der Waals surface area contributed by atoms with E-state index in [2.05, 4.69) is 10.2 Å². The van der Waals surface area contributed by atoms with Crippen LogP contribution in [-0.2, 0) is 15.7 Å². The molecule has 1 N–H and O–H groups in total. The van der Waals surface area contributed by atoms with Crippen LogP contribution in [0.1, 0.15) is 15.9 Å². The molecule has 0 aliphatic carbocycles. The summed E-state index contributed by atoms with van der Waals surface area (Å²) in [6, 6.07) is 11.7. The quantitative estimate of drug-likeness (QED) is 0.805. The predicted octanol–water partition coefficient (Wildman–Crippen LogP) is 3.25. The second-order valence-electron chi connectivity index (χ2n) is 6.90. The number of anilines is 2. The van der Waals surface area contributed by atoms with Crippen molar-refractivity contribution in [2.24, 2.45) is 0 Å². The van der Waals surface area contributed by atoms with E-state index < -0.39 is 29.1 Å². The highest BCUT2D eigenvalue weighted by atomic mass is 19.4. The first kappa shape index (κ1) is 21.6. The van der Waals surface area contributed by atoms with Gasteiger partial charge in [0.1, 0.15) is 0 Å². The van der Waals surface area contributed by atoms with E-state index in [1.54, 1.807) is 12.1 Å². The zero-order valence-electron chi connectivity index (χ0n) is 16.4. The number of likely N-dealkylation sites (N-methyl/N-ethyl adjacent to an activating group) is 1. The van der Waals surface area contributed by atoms with E-state index in [-0.39, 0.29) is 6.54 Å². The minimum Gasteiger partial charge on any atom is -0.378 e. The standard InChI is InChI=1S/C21H22F3N3O3/c1-26(20(29)17-4-2-3-5-18(17)21(22,23)24)14-19(28)25-15-6-8-16(9-7-15)27-10-12-30-13-11-27/h2-9H,10-14H2,1H3,(H,25,28). The summed E-state index contributed by atoms with van der Waals surface area (Å²) < 4.78 is 44.7. The highest BCUT2D eigenvalue weighted by molar-refractivity contribution is 6.00. The number of amides is 2. The lowest BCUT2D eigenvalue weighted by Crippen LogP contribution is -2.36. The summed E-state index contributed by atoms with van der Waals surface area (Å²) in [5.41, 5.74) is 0.0250. The normalized spacial score (nSPS) is 14.3. The fourth-order valence-electron chi connectivity index (χ4n) is 3.19. The van der Waals surface area contributed by atoms with Crippen molar-refractivity contribution in [2.75, 3.05) is 50.1 Å². The van der Waals surface area contributed by atoms with Crippen LogP contribution in [0.3, 0.4) is 0 Å². The first-order valence-corrected chi connectivity index (χ1v) is 9.40. The van der Waals surface area contributed by atoms with Crippen LogP contribution >= 0.6 is 0 Å². The Morgan fingerprint density at radius 2 is 1.70 bits per heavy atom. The molecule has 1 saturated heterocycles. The number of ether oxygens (including phenoxy) is 1. The van der Waals surface area contributed by atoms with Crippen LogP contribution in [0.2, 0.25) is 0 Å². The molecule has 1 aliphatic heterocycles. The molecule has 6 nitrogen and oxygen atoms in total. The van der Waals surface area contributed by atoms with Gasteiger partial charge >= 0.3 is 6.18 Å². The molecule has 0 bridgehead atoms. The summed E-state index contributed by atoms with van der Waals surface area (Å²) in [6.45, 7) is 2.53. The van der Waals surface area contributed by atoms with Gasteiger partial charge in [0.05, 0.1) is 30.9 Å². The van der Waals surface area contributed by atoms with Crippen molar-refractivity contribution in [3.05, 3.63) is 59.7 Å². The van der Waals surface area contributed by atoms with Crippen LogP contribution in [0.5, 0.6) is 0 Å². The van der Waals surface area contributed by atoms with E-state index in [0.717, 1.165) is 35.8 Å². The molecular weight excluding hydrogens is 399 g/mol. The third-order valence-electron chi connectivity index (χ3n) is 4.72. The van der Waals surface area contributed by atoms with Crippen molar-refractivity contribution in [3.63, 3.8) is 0 Å². The molecule has 1 aliphatic rings. The van der Waals surface area contributed by atoms with Gasteiger partial charge in [-0.25, -0.2) is 0 Å². The van der Waals surface area contributed by atoms with E-state index in [1.807, 2.05) is 12.1 Å². The van der Waals surface area contributed by atoms with Gasteiger partial charge in [-0.15, -0.1) is 0 Å². The zero-order valence-corrected chi connectivity index (χ0v) is 16.4. The van der Waals surface area contributed by atoms with Crippen molar-refractivity contribution >= 4 is 23.2 Å². The zero-order chi connectivity index (χ0) is 21.7. The van der Waals surface area contributed by atoms with E-state index in [0.29, 0.717) is 18.9 Å². The minimum absolute atomic E-state index is 0.379. The molecule has 0 aromatic heterocycles. The number of carbonyl (C=O) groups is 2. The Kier molecular flexibility index (Phi) is 6.61. The van der Waals surface area contributed by atoms with E-state index >= 15 is 0 Å². The molecule has 9 heteroatoms. The highest BCUT2D eigenvalue weighted by Gasteiger charge is 2.35. The van der Waals surface area contributed by atoms with E-state index in [9.17, 15) is 22.8 Å². The van der Waals surface area contributed by atoms with Crippen molar-refractivity contribution < 1.29 is 27.5 Å². The number of nitrogens with one attached hydrogen (secondary N) is 1. The lowest BCUT2D eigenvalue weighted by molar-refractivity contribution is -0.138. The molecule has 0 unspecified atom stereocenters. The van der Waals surface area contributed by atoms with Crippen LogP contribution in [0, 0.1) is 0 Å². The first-order chi connectivity index (χ1) is 14.3. The Bertz CT molecular complexity index is 894. The minimum atomic E-state index is -4.66. The molecule has 2 amide bonds. The number of morpholine rings is 1. The van der Waals surface area contributed by atoms with Crippen molar-refractivity contribution in [1.29, 1.82) is 0 Å². The van der Waals surface area contributed by atoms with Crippen LogP contribution in [0.15, 0.2) is 48.5 Å². The number of carbonyl (C=O) groups excluding carboxylic acids is 2. The molecule has 1 heterocycles. The smallest absolute Gasteiger partial charge is 0.378 e. The molecular formula is C21H22F3N3O3. The van der Waals surface area contributed by atoms with Gasteiger partial charge in [0.25, 0.3) is 5.91 Å². The topological polar surface area (TPSA) is 61.9 Å². The molecule has 2 aromatic rings. The summed E-state index contributed by atoms with van der Waals surface area (Å²) in [5, 5.41) is 2.66. The molecule has 0 atom stereocenters. The van der Waals surface area contributed by atoms with Crippen LogP contribution in [0.25, 0.3) is 0 Å². The number of benzene rings is 2. The van der Waals surface area contributed by atoms with Gasteiger partial charge in [0.2, 0.25) is 5.91 Å². The van der Waals surface area contributed by atoms with Crippen molar-refractivity contribution in [1.82, 2.24) is 4.90 Å². The Morgan fingerprint density at radius 1 is 1.07 bits per heavy atom. The van der Waals surface area contributed by atoms with Crippen LogP contribution in [-0.4, -0.2) is 56.6 Å². The number of nitrogens with zero attached hydrogens (tertiary/aromatic N) is 2. The summed E-state index contributed by atoms with van der Waals surface area (Å²) in [7, 11) is 1.29. The van der Waals surface area contributed by atoms with Gasteiger partial charge in [0.15, 0.2) is 0 Å². The Morgan fingerprint density at radius 3 is 2.33 bits per heavy atom. The molecule has 0 saturated carbocycles. The fraction of sp³-hybridized carbons (Fsp3) is 0.333. The number of alkyl halides is 3. The molecule has 1 fully saturated rings. The summed E-state index contributed by atoms with van der Waals surface area (Å²) in [5.74, 6) is -1.38. The molecule has 0 radical (unpaired) electrons. The summed E-state index contributed by atoms with van der Waals surface area (Å²) >= 11 is 0. The average molecular weight is 421 g/mol. The number of halogens is 3. The average Bonchev–Trinajstić information content (AvgIpc) is 2.73. The Hall–Kier alpha value is -3.07. The van der Waals surface area contributed by atoms with E-state index in [1.165, 1.54) is 19.2 Å². The lowest BCUT2D eigenvalue weighted by atomic mass is 10.1. The third-order valence-corrected chi connectivity index (χ3v) is 4.72. The molecule has 30 heavy (non-hydrogen) atoms. The second-order valence-corrected chi connectivity index (χ2v) is 6.90. The van der Waals surface area contributed by atoms with Gasteiger partial charge in [0, 0.05) is 31.5 Å². The summed E-state index contributed by atoms with van der Waals surface area (Å²) in [6.07, 6.45) is -4.66. The predicted molar refractivity (Wildman–Crippen MR) is 107 cm³/mol. The van der Waals surface area contributed by atoms with Gasteiger partial charge in [-0.3, -0.25) is 9.59 Å². The fourth-order valence-corrected chi connectivity index (χ4v) is 3.19. The SMILES string of the molecule is CN(CC(=O)Nc1ccc(N2CCOCC2)cc1)C(=O)c1ccccc1C(F)(F)F. The van der Waals surface area contributed by atoms with Crippen molar-refractivity contribution in [3.8, 4) is 0 Å². The van der Waals surface area contributed by atoms with Crippen LogP contribution < -0.4 is 10.2 Å². The van der Waals surface area contributed by atoms with E-state index in [4.69, 9.17) is 4.74 Å². The third kappa shape index (κ3) is 5.29. The molecule has 160 valence electrons. The van der Waals surface area contributed by atoms with Crippen LogP contribution in [0.4, 0.5) is 24.5 Å². The molecule has 0 spiro atoms. The first-order valence-electron chi connectivity index (χ1n) is 9.40. The maximum atomic E-state index is 13.1. The molecule has 3 rings (SSSR count). The summed E-state index contributed by atoms with van der Waals surface area (Å²) in [4.78, 5) is 27.8. The lowest BCUT2D eigenvalue weighted by Gasteiger charge is -2.28. The maximum absolute atomic E-state index is 13.1. The van der Waals surface area contributed by atoms with Crippen molar-refractivity contribution in [2.45, 2.75) is 6.18 Å².